The molecule has 1 heterocycles. The molecule has 0 amide bonds. The van der Waals surface area contributed by atoms with Gasteiger partial charge in [-0.1, -0.05) is 0 Å². The molecule has 1 saturated carbocycles. The van der Waals surface area contributed by atoms with Gasteiger partial charge in [-0.05, 0) is 18.8 Å². The molecule has 0 spiro atoms. The third-order valence-corrected chi connectivity index (χ3v) is 2.58. The molecule has 0 aromatic rings. The summed E-state index contributed by atoms with van der Waals surface area (Å²) in [4.78, 5) is 0. The summed E-state index contributed by atoms with van der Waals surface area (Å²) in [6.45, 7) is 4.15. The van der Waals surface area contributed by atoms with E-state index in [9.17, 15) is 5.11 Å². The van der Waals surface area contributed by atoms with Crippen molar-refractivity contribution in [3.8, 4) is 0 Å². The maximum absolute atomic E-state index is 9.45. The first kappa shape index (κ1) is 7.53. The minimum atomic E-state index is -0.322. The molecule has 2 aliphatic rings. The Morgan fingerprint density at radius 3 is 2.64 bits per heavy atom. The minimum Gasteiger partial charge on any atom is -0.389 e. The number of rotatable bonds is 4. The van der Waals surface area contributed by atoms with Gasteiger partial charge in [0.25, 0.3) is 0 Å². The van der Waals surface area contributed by atoms with Gasteiger partial charge in [0.15, 0.2) is 0 Å². The van der Waals surface area contributed by atoms with Gasteiger partial charge in [-0.2, -0.15) is 0 Å². The smallest absolute Gasteiger partial charge is 0.0773 e. The lowest BCUT2D eigenvalue weighted by molar-refractivity contribution is 0.144. The lowest BCUT2D eigenvalue weighted by Crippen LogP contribution is -2.48. The Morgan fingerprint density at radius 2 is 2.18 bits per heavy atom. The summed E-state index contributed by atoms with van der Waals surface area (Å²) in [5.41, 5.74) is -0.322. The molecule has 3 heteroatoms. The molecule has 1 aliphatic carbocycles. The second-order valence-electron chi connectivity index (χ2n) is 3.88. The van der Waals surface area contributed by atoms with Crippen molar-refractivity contribution in [2.45, 2.75) is 18.4 Å². The third-order valence-electron chi connectivity index (χ3n) is 2.58. The van der Waals surface area contributed by atoms with E-state index < -0.39 is 0 Å². The summed E-state index contributed by atoms with van der Waals surface area (Å²) in [5, 5.41) is 16.0. The summed E-state index contributed by atoms with van der Waals surface area (Å²) < 4.78 is 0. The lowest BCUT2D eigenvalue weighted by atomic mass is 10.0. The van der Waals surface area contributed by atoms with Crippen molar-refractivity contribution in [3.63, 3.8) is 0 Å². The standard InChI is InChI=1S/C8H16N2O/c11-8(1-2-8)6-10-5-7-3-9-4-7/h7,9-11H,1-6H2. The van der Waals surface area contributed by atoms with Crippen LogP contribution in [0.2, 0.25) is 0 Å². The molecule has 64 valence electrons. The highest BCUT2D eigenvalue weighted by Crippen LogP contribution is 2.33. The predicted octanol–water partition coefficient (Wildman–Crippen LogP) is -0.680. The van der Waals surface area contributed by atoms with Crippen LogP contribution in [0, 0.1) is 5.92 Å². The van der Waals surface area contributed by atoms with Crippen LogP contribution in [-0.4, -0.2) is 36.9 Å². The van der Waals surface area contributed by atoms with Crippen LogP contribution >= 0.6 is 0 Å². The molecule has 0 aromatic carbocycles. The van der Waals surface area contributed by atoms with Crippen molar-refractivity contribution in [1.29, 1.82) is 0 Å². The summed E-state index contributed by atoms with van der Waals surface area (Å²) >= 11 is 0. The van der Waals surface area contributed by atoms with Gasteiger partial charge in [-0.25, -0.2) is 0 Å². The second-order valence-corrected chi connectivity index (χ2v) is 3.88. The van der Waals surface area contributed by atoms with Gasteiger partial charge in [-0.15, -0.1) is 0 Å². The van der Waals surface area contributed by atoms with Crippen LogP contribution in [0.15, 0.2) is 0 Å². The normalized spacial score (nSPS) is 28.1. The molecule has 1 aliphatic heterocycles. The van der Waals surface area contributed by atoms with Crippen LogP contribution in [-0.2, 0) is 0 Å². The molecular formula is C8H16N2O. The SMILES string of the molecule is OC1(CNCC2CNC2)CC1. The Morgan fingerprint density at radius 1 is 1.45 bits per heavy atom. The monoisotopic (exact) mass is 156 g/mol. The molecule has 0 aromatic heterocycles. The molecule has 1 saturated heterocycles. The average Bonchev–Trinajstić information content (AvgIpc) is 2.57. The van der Waals surface area contributed by atoms with Gasteiger partial charge < -0.3 is 15.7 Å². The van der Waals surface area contributed by atoms with Crippen LogP contribution in [0.1, 0.15) is 12.8 Å². The van der Waals surface area contributed by atoms with Crippen molar-refractivity contribution in [1.82, 2.24) is 10.6 Å². The van der Waals surface area contributed by atoms with E-state index in [0.29, 0.717) is 0 Å². The molecule has 0 radical (unpaired) electrons. The molecule has 2 rings (SSSR count). The lowest BCUT2D eigenvalue weighted by Gasteiger charge is -2.27. The highest BCUT2D eigenvalue weighted by atomic mass is 16.3. The zero-order valence-corrected chi connectivity index (χ0v) is 6.77. The zero-order valence-electron chi connectivity index (χ0n) is 6.77. The summed E-state index contributed by atoms with van der Waals surface area (Å²) in [6.07, 6.45) is 1.98. The van der Waals surface area contributed by atoms with E-state index in [1.165, 1.54) is 0 Å². The largest absolute Gasteiger partial charge is 0.389 e. The van der Waals surface area contributed by atoms with Gasteiger partial charge in [0, 0.05) is 26.2 Å². The number of hydrogen-bond acceptors (Lipinski definition) is 3. The summed E-state index contributed by atoms with van der Waals surface area (Å²) in [5.74, 6) is 0.803. The Labute approximate surface area is 67.2 Å². The van der Waals surface area contributed by atoms with Crippen molar-refractivity contribution in [2.24, 2.45) is 5.92 Å². The first-order valence-corrected chi connectivity index (χ1v) is 4.42. The Balaban J connectivity index is 1.53. The predicted molar refractivity (Wildman–Crippen MR) is 43.4 cm³/mol. The van der Waals surface area contributed by atoms with Crippen molar-refractivity contribution >= 4 is 0 Å². The number of aliphatic hydroxyl groups is 1. The van der Waals surface area contributed by atoms with Crippen LogP contribution < -0.4 is 10.6 Å². The van der Waals surface area contributed by atoms with Gasteiger partial charge in [-0.3, -0.25) is 0 Å². The van der Waals surface area contributed by atoms with E-state index >= 15 is 0 Å². The van der Waals surface area contributed by atoms with E-state index in [1.54, 1.807) is 0 Å². The van der Waals surface area contributed by atoms with Crippen molar-refractivity contribution in [2.75, 3.05) is 26.2 Å². The van der Waals surface area contributed by atoms with Crippen molar-refractivity contribution in [3.05, 3.63) is 0 Å². The Hall–Kier alpha value is -0.120. The fourth-order valence-electron chi connectivity index (χ4n) is 1.32. The third kappa shape index (κ3) is 1.92. The second kappa shape index (κ2) is 2.73. The minimum absolute atomic E-state index is 0.322. The van der Waals surface area contributed by atoms with E-state index in [2.05, 4.69) is 10.6 Å². The molecule has 3 nitrogen and oxygen atoms in total. The van der Waals surface area contributed by atoms with Gasteiger partial charge in [0.2, 0.25) is 0 Å². The zero-order chi connectivity index (χ0) is 7.73. The van der Waals surface area contributed by atoms with Gasteiger partial charge >= 0.3 is 0 Å². The molecule has 0 unspecified atom stereocenters. The van der Waals surface area contributed by atoms with E-state index in [1.807, 2.05) is 0 Å². The van der Waals surface area contributed by atoms with Crippen LogP contribution in [0.3, 0.4) is 0 Å². The van der Waals surface area contributed by atoms with Crippen molar-refractivity contribution < 1.29 is 5.11 Å². The quantitative estimate of drug-likeness (QED) is 0.505. The van der Waals surface area contributed by atoms with Gasteiger partial charge in [0.1, 0.15) is 0 Å². The summed E-state index contributed by atoms with van der Waals surface area (Å²) in [6, 6.07) is 0. The Bertz CT molecular complexity index is 141. The van der Waals surface area contributed by atoms with E-state index in [0.717, 1.165) is 44.9 Å². The van der Waals surface area contributed by atoms with E-state index in [4.69, 9.17) is 0 Å². The number of nitrogens with one attached hydrogen (secondary N) is 2. The van der Waals surface area contributed by atoms with Crippen LogP contribution in [0.4, 0.5) is 0 Å². The highest BCUT2D eigenvalue weighted by molar-refractivity contribution is 4.95. The van der Waals surface area contributed by atoms with E-state index in [-0.39, 0.29) is 5.60 Å². The average molecular weight is 156 g/mol. The molecule has 3 N–H and O–H groups in total. The highest BCUT2D eigenvalue weighted by Gasteiger charge is 2.39. The molecular weight excluding hydrogens is 140 g/mol. The maximum Gasteiger partial charge on any atom is 0.0773 e. The molecule has 2 fully saturated rings. The fraction of sp³-hybridized carbons (Fsp3) is 1.00. The number of hydrogen-bond donors (Lipinski definition) is 3. The van der Waals surface area contributed by atoms with Crippen LogP contribution in [0.5, 0.6) is 0 Å². The molecule has 11 heavy (non-hydrogen) atoms. The van der Waals surface area contributed by atoms with Gasteiger partial charge in [0.05, 0.1) is 5.60 Å². The topological polar surface area (TPSA) is 44.3 Å². The molecule has 0 bridgehead atoms. The maximum atomic E-state index is 9.45. The molecule has 0 atom stereocenters. The van der Waals surface area contributed by atoms with Crippen LogP contribution in [0.25, 0.3) is 0 Å². The first-order valence-electron chi connectivity index (χ1n) is 4.42. The first-order chi connectivity index (χ1) is 5.29. The summed E-state index contributed by atoms with van der Waals surface area (Å²) in [7, 11) is 0. The Kier molecular flexibility index (Phi) is 1.87. The fourth-order valence-corrected chi connectivity index (χ4v) is 1.32.